The molecule has 214 valence electrons. The van der Waals surface area contributed by atoms with Crippen molar-refractivity contribution in [3.8, 4) is 0 Å². The summed E-state index contributed by atoms with van der Waals surface area (Å²) in [6.07, 6.45) is 7.90. The highest BCUT2D eigenvalue weighted by atomic mass is 28.4. The molecule has 1 aliphatic carbocycles. The van der Waals surface area contributed by atoms with Crippen LogP contribution in [0.25, 0.3) is 27.6 Å². The first-order valence-corrected chi connectivity index (χ1v) is 16.3. The third-order valence-electron chi connectivity index (χ3n) is 7.03. The second kappa shape index (κ2) is 15.0. The molecule has 3 nitrogen and oxygen atoms in total. The van der Waals surface area contributed by atoms with Gasteiger partial charge in [0.05, 0.1) is 0 Å². The van der Waals surface area contributed by atoms with Crippen LogP contribution in [0.15, 0.2) is 54.6 Å². The Kier molecular flexibility index (Phi) is 12.0. The fraction of sp³-hybridized carbons (Fsp3) is 0.500. The van der Waals surface area contributed by atoms with Crippen LogP contribution in [0.2, 0.25) is 6.04 Å². The molecule has 7 heteroatoms. The Balaban J connectivity index is 0.000000220. The summed E-state index contributed by atoms with van der Waals surface area (Å²) in [5.41, 5.74) is 0.178. The van der Waals surface area contributed by atoms with Crippen LogP contribution in [0.1, 0.15) is 77.3 Å². The van der Waals surface area contributed by atoms with E-state index in [1.54, 1.807) is 6.07 Å². The van der Waals surface area contributed by atoms with E-state index < -0.39 is 20.9 Å². The van der Waals surface area contributed by atoms with E-state index in [1.165, 1.54) is 44.2 Å². The molecule has 3 aromatic carbocycles. The first-order chi connectivity index (χ1) is 18.8. The van der Waals surface area contributed by atoms with Crippen LogP contribution >= 0.6 is 0 Å². The minimum Gasteiger partial charge on any atom is -0.374 e. The average Bonchev–Trinajstić information content (AvgIpc) is 2.93. The number of halogens is 3. The van der Waals surface area contributed by atoms with E-state index in [4.69, 9.17) is 13.3 Å². The number of rotatable bonds is 13. The molecule has 0 amide bonds. The fourth-order valence-corrected chi connectivity index (χ4v) is 7.84. The molecule has 0 aromatic heterocycles. The lowest BCUT2D eigenvalue weighted by atomic mass is 9.87. The van der Waals surface area contributed by atoms with Crippen LogP contribution in [-0.4, -0.2) is 34.8 Å². The summed E-state index contributed by atoms with van der Waals surface area (Å²) >= 11 is 0. The molecule has 39 heavy (non-hydrogen) atoms. The molecule has 1 atom stereocenters. The summed E-state index contributed by atoms with van der Waals surface area (Å²) < 4.78 is 59.0. The van der Waals surface area contributed by atoms with Crippen LogP contribution < -0.4 is 0 Å². The monoisotopic (exact) mass is 560 g/mol. The van der Waals surface area contributed by atoms with Gasteiger partial charge >= 0.3 is 14.7 Å². The van der Waals surface area contributed by atoms with Gasteiger partial charge in [-0.2, -0.15) is 8.78 Å². The second-order valence-electron chi connectivity index (χ2n) is 9.79. The lowest BCUT2D eigenvalue weighted by Crippen LogP contribution is -2.45. The van der Waals surface area contributed by atoms with Crippen molar-refractivity contribution in [3.63, 3.8) is 0 Å². The van der Waals surface area contributed by atoms with Crippen molar-refractivity contribution >= 4 is 36.4 Å². The predicted octanol–water partition coefficient (Wildman–Crippen LogP) is 9.84. The third kappa shape index (κ3) is 7.72. The normalized spacial score (nSPS) is 16.2. The Morgan fingerprint density at radius 2 is 1.33 bits per heavy atom. The largest absolute Gasteiger partial charge is 0.500 e. The molecule has 4 rings (SSSR count). The summed E-state index contributed by atoms with van der Waals surface area (Å²) in [6, 6.07) is 15.5. The Labute approximate surface area is 232 Å². The molecule has 0 saturated heterocycles. The number of unbranched alkanes of at least 4 members (excludes halogenated alkanes) is 5. The number of alkyl halides is 3. The zero-order valence-corrected chi connectivity index (χ0v) is 24.8. The molecule has 0 heterocycles. The van der Waals surface area contributed by atoms with Gasteiger partial charge in [0.25, 0.3) is 0 Å². The number of fused-ring (bicyclic) bond motifs is 5. The Morgan fingerprint density at radius 3 is 2.00 bits per heavy atom. The highest BCUT2D eigenvalue weighted by molar-refractivity contribution is 6.60. The van der Waals surface area contributed by atoms with E-state index in [-0.39, 0.29) is 5.56 Å². The van der Waals surface area contributed by atoms with Gasteiger partial charge in [0, 0.05) is 31.4 Å². The standard InChI is InChI=1S/C18H11F3.C14H32O3Si/c19-17-10-8-15-14-6-5-11-3-1-2-4-12(11)13(14)7-9-16(15)18(17,20)21;1-5-9-10-11-12-13-14-18(15-6-2,16-7-3)17-8-4/h1-10,17H;5-14H2,1-4H3. The number of hydrogen-bond donors (Lipinski definition) is 0. The van der Waals surface area contributed by atoms with Gasteiger partial charge in [0.15, 0.2) is 6.17 Å². The van der Waals surface area contributed by atoms with Crippen LogP contribution in [-0.2, 0) is 19.2 Å². The number of benzene rings is 3. The molecule has 3 aromatic rings. The van der Waals surface area contributed by atoms with Gasteiger partial charge in [-0.3, -0.25) is 0 Å². The van der Waals surface area contributed by atoms with Crippen LogP contribution in [0, 0.1) is 0 Å². The van der Waals surface area contributed by atoms with E-state index in [0.29, 0.717) is 25.4 Å². The zero-order valence-electron chi connectivity index (χ0n) is 23.8. The number of allylic oxidation sites excluding steroid dienone is 1. The number of hydrogen-bond acceptors (Lipinski definition) is 3. The van der Waals surface area contributed by atoms with E-state index in [9.17, 15) is 13.2 Å². The van der Waals surface area contributed by atoms with E-state index >= 15 is 0 Å². The second-order valence-corrected chi connectivity index (χ2v) is 12.5. The van der Waals surface area contributed by atoms with Crippen molar-refractivity contribution < 1.29 is 26.4 Å². The van der Waals surface area contributed by atoms with Gasteiger partial charge in [0.2, 0.25) is 0 Å². The molecule has 0 fully saturated rings. The molecular formula is C32H43F3O3Si. The first kappa shape index (κ1) is 31.3. The first-order valence-electron chi connectivity index (χ1n) is 14.4. The molecule has 0 bridgehead atoms. The summed E-state index contributed by atoms with van der Waals surface area (Å²) in [7, 11) is -2.36. The fourth-order valence-electron chi connectivity index (χ4n) is 5.15. The van der Waals surface area contributed by atoms with E-state index in [0.717, 1.165) is 40.1 Å². The summed E-state index contributed by atoms with van der Waals surface area (Å²) in [6.45, 7) is 10.3. The van der Waals surface area contributed by atoms with Crippen molar-refractivity contribution in [2.75, 3.05) is 19.8 Å². The quantitative estimate of drug-likeness (QED) is 0.118. The van der Waals surface area contributed by atoms with Crippen molar-refractivity contribution in [2.45, 2.75) is 84.4 Å². The van der Waals surface area contributed by atoms with Gasteiger partial charge in [-0.1, -0.05) is 93.6 Å². The van der Waals surface area contributed by atoms with Crippen molar-refractivity contribution in [2.24, 2.45) is 0 Å². The average molecular weight is 561 g/mol. The van der Waals surface area contributed by atoms with Crippen molar-refractivity contribution in [1.29, 1.82) is 0 Å². The predicted molar refractivity (Wildman–Crippen MR) is 158 cm³/mol. The molecule has 0 N–H and O–H groups in total. The molecule has 0 radical (unpaired) electrons. The van der Waals surface area contributed by atoms with Crippen LogP contribution in [0.5, 0.6) is 0 Å². The van der Waals surface area contributed by atoms with Crippen LogP contribution in [0.4, 0.5) is 13.2 Å². The van der Waals surface area contributed by atoms with E-state index in [1.807, 2.05) is 57.2 Å². The summed E-state index contributed by atoms with van der Waals surface area (Å²) in [4.78, 5) is 0. The third-order valence-corrected chi connectivity index (χ3v) is 10.2. The highest BCUT2D eigenvalue weighted by Gasteiger charge is 2.44. The van der Waals surface area contributed by atoms with Gasteiger partial charge in [-0.05, 0) is 60.4 Å². The maximum atomic E-state index is 14.0. The maximum Gasteiger partial charge on any atom is 0.500 e. The molecule has 0 aliphatic heterocycles. The molecule has 1 unspecified atom stereocenters. The van der Waals surface area contributed by atoms with E-state index in [2.05, 4.69) is 6.92 Å². The molecule has 0 spiro atoms. The minimum absolute atomic E-state index is 0.236. The van der Waals surface area contributed by atoms with Gasteiger partial charge < -0.3 is 13.3 Å². The van der Waals surface area contributed by atoms with Gasteiger partial charge in [-0.25, -0.2) is 4.39 Å². The molecule has 1 aliphatic rings. The highest BCUT2D eigenvalue weighted by Crippen LogP contribution is 2.43. The van der Waals surface area contributed by atoms with Gasteiger partial charge in [0.1, 0.15) is 0 Å². The van der Waals surface area contributed by atoms with Crippen molar-refractivity contribution in [1.82, 2.24) is 0 Å². The topological polar surface area (TPSA) is 27.7 Å². The van der Waals surface area contributed by atoms with Crippen molar-refractivity contribution in [3.05, 3.63) is 65.7 Å². The Bertz CT molecular complexity index is 1200. The SMILES string of the molecule is CCCCCCCC[Si](OCC)(OCC)OCC.FC1C=Cc2c(ccc3c2ccc2ccccc23)C1(F)F. The van der Waals surface area contributed by atoms with Gasteiger partial charge in [-0.15, -0.1) is 0 Å². The zero-order chi connectivity index (χ0) is 28.3. The Hall–Kier alpha value is -2.19. The van der Waals surface area contributed by atoms with Crippen LogP contribution in [0.3, 0.4) is 0 Å². The lowest BCUT2D eigenvalue weighted by molar-refractivity contribution is -0.0608. The minimum atomic E-state index is -3.47. The maximum absolute atomic E-state index is 14.0. The summed E-state index contributed by atoms with van der Waals surface area (Å²) in [5.74, 6) is -3.47. The smallest absolute Gasteiger partial charge is 0.374 e. The molecular weight excluding hydrogens is 517 g/mol. The lowest BCUT2D eigenvalue weighted by Gasteiger charge is -2.28. The summed E-state index contributed by atoms with van der Waals surface area (Å²) in [5, 5.41) is 3.70. The Morgan fingerprint density at radius 1 is 0.718 bits per heavy atom. The molecule has 0 saturated carbocycles.